The van der Waals surface area contributed by atoms with Crippen LogP contribution in [0, 0.1) is 0 Å². The number of fused-ring (bicyclic) bond motifs is 1. The van der Waals surface area contributed by atoms with Crippen LogP contribution in [-0.4, -0.2) is 33.7 Å². The van der Waals surface area contributed by atoms with Crippen LogP contribution in [0.5, 0.6) is 0 Å². The Balaban J connectivity index is 1.78. The summed E-state index contributed by atoms with van der Waals surface area (Å²) in [6.07, 6.45) is 3.22. The minimum atomic E-state index is -0.0701. The third-order valence-corrected chi connectivity index (χ3v) is 4.06. The first-order chi connectivity index (χ1) is 11.8. The number of benzene rings is 1. The second kappa shape index (κ2) is 5.73. The van der Waals surface area contributed by atoms with E-state index < -0.39 is 0 Å². The Morgan fingerprint density at radius 3 is 2.83 bits per heavy atom. The third kappa shape index (κ3) is 2.38. The Morgan fingerprint density at radius 1 is 1.12 bits per heavy atom. The van der Waals surface area contributed by atoms with Crippen molar-refractivity contribution in [2.75, 3.05) is 6.54 Å². The molecule has 1 aromatic carbocycles. The van der Waals surface area contributed by atoms with E-state index in [0.29, 0.717) is 34.8 Å². The van der Waals surface area contributed by atoms with Crippen molar-refractivity contribution in [3.8, 4) is 22.8 Å². The van der Waals surface area contributed by atoms with Gasteiger partial charge in [0.2, 0.25) is 0 Å². The van der Waals surface area contributed by atoms with E-state index in [1.807, 2.05) is 18.2 Å². The van der Waals surface area contributed by atoms with Gasteiger partial charge in [-0.3, -0.25) is 9.59 Å². The molecule has 0 spiro atoms. The molecule has 1 aliphatic rings. The third-order valence-electron chi connectivity index (χ3n) is 4.06. The maximum Gasteiger partial charge on any atom is 0.253 e. The van der Waals surface area contributed by atoms with Crippen LogP contribution in [0.3, 0.4) is 0 Å². The molecular formula is C18H14N4O2. The summed E-state index contributed by atoms with van der Waals surface area (Å²) in [7, 11) is 0. The van der Waals surface area contributed by atoms with Gasteiger partial charge >= 0.3 is 0 Å². The number of nitrogens with one attached hydrogen (secondary N) is 2. The van der Waals surface area contributed by atoms with Gasteiger partial charge in [0, 0.05) is 36.0 Å². The van der Waals surface area contributed by atoms with Crippen molar-refractivity contribution >= 4 is 12.2 Å². The Morgan fingerprint density at radius 2 is 2.00 bits per heavy atom. The highest BCUT2D eigenvalue weighted by atomic mass is 16.1. The lowest BCUT2D eigenvalue weighted by Crippen LogP contribution is -2.31. The van der Waals surface area contributed by atoms with Crippen LogP contribution in [0.4, 0.5) is 0 Å². The minimum Gasteiger partial charge on any atom is -0.356 e. The molecule has 0 unspecified atom stereocenters. The molecule has 3 aromatic rings. The van der Waals surface area contributed by atoms with Crippen molar-refractivity contribution in [2.24, 2.45) is 0 Å². The number of aromatic nitrogens is 3. The SMILES string of the molecule is O=Cc1ccccc1-c1nccc(-c2cc3c([nH]2)CCNC3=O)n1. The van der Waals surface area contributed by atoms with Crippen LogP contribution < -0.4 is 5.32 Å². The lowest BCUT2D eigenvalue weighted by molar-refractivity contribution is 0.0945. The van der Waals surface area contributed by atoms with Crippen LogP contribution in [0.1, 0.15) is 26.4 Å². The second-order valence-electron chi connectivity index (χ2n) is 5.55. The summed E-state index contributed by atoms with van der Waals surface area (Å²) in [6.45, 7) is 0.632. The summed E-state index contributed by atoms with van der Waals surface area (Å²) in [5.74, 6) is 0.409. The zero-order chi connectivity index (χ0) is 16.5. The number of carbonyl (C=O) groups excluding carboxylic acids is 2. The molecular weight excluding hydrogens is 304 g/mol. The number of amides is 1. The number of aromatic amines is 1. The fraction of sp³-hybridized carbons (Fsp3) is 0.111. The number of hydrogen-bond donors (Lipinski definition) is 2. The van der Waals surface area contributed by atoms with Crippen molar-refractivity contribution in [1.29, 1.82) is 0 Å². The number of aldehydes is 1. The zero-order valence-corrected chi connectivity index (χ0v) is 12.7. The summed E-state index contributed by atoms with van der Waals surface area (Å²) < 4.78 is 0. The minimum absolute atomic E-state index is 0.0701. The van der Waals surface area contributed by atoms with E-state index in [-0.39, 0.29) is 5.91 Å². The number of hydrogen-bond acceptors (Lipinski definition) is 4. The molecule has 0 fully saturated rings. The average molecular weight is 318 g/mol. The molecule has 1 amide bonds. The molecule has 0 aliphatic carbocycles. The van der Waals surface area contributed by atoms with Gasteiger partial charge in [-0.1, -0.05) is 24.3 Å². The van der Waals surface area contributed by atoms with Gasteiger partial charge in [-0.05, 0) is 12.1 Å². The van der Waals surface area contributed by atoms with Gasteiger partial charge in [-0.25, -0.2) is 9.97 Å². The monoisotopic (exact) mass is 318 g/mol. The number of carbonyl (C=O) groups is 2. The maximum atomic E-state index is 11.9. The van der Waals surface area contributed by atoms with Crippen molar-refractivity contribution in [2.45, 2.75) is 6.42 Å². The molecule has 2 aromatic heterocycles. The van der Waals surface area contributed by atoms with Gasteiger partial charge in [0.25, 0.3) is 5.91 Å². The Kier molecular flexibility index (Phi) is 3.42. The highest BCUT2D eigenvalue weighted by Crippen LogP contribution is 2.25. The molecule has 2 N–H and O–H groups in total. The molecule has 0 saturated carbocycles. The lowest BCUT2D eigenvalue weighted by atomic mass is 10.1. The topological polar surface area (TPSA) is 87.7 Å². The van der Waals surface area contributed by atoms with Gasteiger partial charge in [-0.2, -0.15) is 0 Å². The first kappa shape index (κ1) is 14.3. The van der Waals surface area contributed by atoms with Crippen molar-refractivity contribution in [1.82, 2.24) is 20.3 Å². The number of H-pyrrole nitrogens is 1. The van der Waals surface area contributed by atoms with Crippen molar-refractivity contribution < 1.29 is 9.59 Å². The molecule has 3 heterocycles. The predicted molar refractivity (Wildman–Crippen MR) is 88.7 cm³/mol. The van der Waals surface area contributed by atoms with E-state index in [2.05, 4.69) is 20.3 Å². The Labute approximate surface area is 138 Å². The molecule has 0 atom stereocenters. The van der Waals surface area contributed by atoms with E-state index in [0.717, 1.165) is 24.1 Å². The summed E-state index contributed by atoms with van der Waals surface area (Å²) in [5.41, 5.74) is 4.25. The standard InChI is InChI=1S/C18H14N4O2/c23-10-11-3-1-2-4-12(11)17-19-7-6-15(22-17)16-9-13-14(21-16)5-8-20-18(13)24/h1-4,6-7,9-10,21H,5,8H2,(H,20,24). The molecule has 0 saturated heterocycles. The van der Waals surface area contributed by atoms with Gasteiger partial charge in [-0.15, -0.1) is 0 Å². The molecule has 6 nitrogen and oxygen atoms in total. The molecule has 6 heteroatoms. The average Bonchev–Trinajstić information content (AvgIpc) is 3.08. The first-order valence-electron chi connectivity index (χ1n) is 7.64. The Bertz CT molecular complexity index is 946. The van der Waals surface area contributed by atoms with Gasteiger partial charge in [0.1, 0.15) is 0 Å². The van der Waals surface area contributed by atoms with Crippen molar-refractivity contribution in [3.05, 3.63) is 59.4 Å². The fourth-order valence-electron chi connectivity index (χ4n) is 2.87. The summed E-state index contributed by atoms with van der Waals surface area (Å²) in [6, 6.07) is 10.8. The van der Waals surface area contributed by atoms with E-state index in [1.165, 1.54) is 0 Å². The maximum absolute atomic E-state index is 11.9. The van der Waals surface area contributed by atoms with E-state index in [4.69, 9.17) is 0 Å². The van der Waals surface area contributed by atoms with Crippen LogP contribution in [0.2, 0.25) is 0 Å². The predicted octanol–water partition coefficient (Wildman–Crippen LogP) is 2.24. The fourth-order valence-corrected chi connectivity index (χ4v) is 2.87. The number of rotatable bonds is 3. The smallest absolute Gasteiger partial charge is 0.253 e. The second-order valence-corrected chi connectivity index (χ2v) is 5.55. The molecule has 1 aliphatic heterocycles. The molecule has 0 radical (unpaired) electrons. The first-order valence-corrected chi connectivity index (χ1v) is 7.64. The molecule has 4 rings (SSSR count). The summed E-state index contributed by atoms with van der Waals surface area (Å²) in [5, 5.41) is 2.82. The quantitative estimate of drug-likeness (QED) is 0.725. The van der Waals surface area contributed by atoms with Gasteiger partial charge < -0.3 is 10.3 Å². The van der Waals surface area contributed by atoms with Crippen LogP contribution in [0.25, 0.3) is 22.8 Å². The van der Waals surface area contributed by atoms with E-state index in [9.17, 15) is 9.59 Å². The summed E-state index contributed by atoms with van der Waals surface area (Å²) >= 11 is 0. The summed E-state index contributed by atoms with van der Waals surface area (Å²) in [4.78, 5) is 35.2. The van der Waals surface area contributed by atoms with Gasteiger partial charge in [0.15, 0.2) is 12.1 Å². The largest absolute Gasteiger partial charge is 0.356 e. The van der Waals surface area contributed by atoms with Crippen molar-refractivity contribution in [3.63, 3.8) is 0 Å². The molecule has 0 bridgehead atoms. The van der Waals surface area contributed by atoms with Crippen LogP contribution in [-0.2, 0) is 6.42 Å². The number of nitrogens with zero attached hydrogens (tertiary/aromatic N) is 2. The molecule has 24 heavy (non-hydrogen) atoms. The lowest BCUT2D eigenvalue weighted by Gasteiger charge is -2.10. The highest BCUT2D eigenvalue weighted by molar-refractivity contribution is 5.97. The van der Waals surface area contributed by atoms with E-state index >= 15 is 0 Å². The van der Waals surface area contributed by atoms with Crippen LogP contribution in [0.15, 0.2) is 42.6 Å². The normalized spacial score (nSPS) is 13.2. The Hall–Kier alpha value is -3.28. The van der Waals surface area contributed by atoms with Gasteiger partial charge in [0.05, 0.1) is 17.0 Å². The van der Waals surface area contributed by atoms with Crippen LogP contribution >= 0.6 is 0 Å². The molecule has 118 valence electrons. The van der Waals surface area contributed by atoms with E-state index in [1.54, 1.807) is 24.4 Å². The highest BCUT2D eigenvalue weighted by Gasteiger charge is 2.20. The zero-order valence-electron chi connectivity index (χ0n) is 12.7.